The molecule has 0 aliphatic rings. The highest BCUT2D eigenvalue weighted by Crippen LogP contribution is 2.15. The standard InChI is InChI=1S/C9H6O6.C6H15NO2/c10-7(11)4-2-1-3-5(8(12)13)6(4)9(14)15;1-5(8-3)7-6(2)9-4/h1-3H,(H,10,11)(H,12,13)(H,14,15);5-7H,1-4H3. The molecule has 2 atom stereocenters. The lowest BCUT2D eigenvalue weighted by molar-refractivity contribution is 0.00785. The van der Waals surface area contributed by atoms with E-state index in [1.54, 1.807) is 14.2 Å². The minimum absolute atomic E-state index is 0.0555. The molecule has 0 bridgehead atoms. The van der Waals surface area contributed by atoms with Crippen LogP contribution in [0.5, 0.6) is 0 Å². The Labute approximate surface area is 138 Å². The van der Waals surface area contributed by atoms with Crippen LogP contribution in [0, 0.1) is 0 Å². The van der Waals surface area contributed by atoms with Crippen LogP contribution >= 0.6 is 0 Å². The first-order valence-corrected chi connectivity index (χ1v) is 6.80. The molecule has 0 amide bonds. The molecular weight excluding hydrogens is 322 g/mol. The number of carbonyl (C=O) groups is 3. The average Bonchev–Trinajstić information content (AvgIpc) is 2.53. The van der Waals surface area contributed by atoms with Gasteiger partial charge in [0.1, 0.15) is 12.5 Å². The Bertz CT molecular complexity index is 547. The summed E-state index contributed by atoms with van der Waals surface area (Å²) in [7, 11) is 3.31. The topological polar surface area (TPSA) is 142 Å². The average molecular weight is 343 g/mol. The van der Waals surface area contributed by atoms with E-state index in [9.17, 15) is 14.4 Å². The van der Waals surface area contributed by atoms with Crippen molar-refractivity contribution in [1.29, 1.82) is 0 Å². The van der Waals surface area contributed by atoms with Crippen LogP contribution in [0.3, 0.4) is 0 Å². The quantitative estimate of drug-likeness (QED) is 0.539. The molecule has 4 N–H and O–H groups in total. The van der Waals surface area contributed by atoms with E-state index in [0.29, 0.717) is 0 Å². The van der Waals surface area contributed by atoms with Crippen molar-refractivity contribution in [3.63, 3.8) is 0 Å². The molecule has 2 unspecified atom stereocenters. The zero-order valence-corrected chi connectivity index (χ0v) is 13.8. The second kappa shape index (κ2) is 10.3. The van der Waals surface area contributed by atoms with Crippen LogP contribution in [0.25, 0.3) is 0 Å². The number of nitrogens with one attached hydrogen (secondary N) is 1. The molecule has 0 aromatic heterocycles. The molecule has 0 saturated carbocycles. The molecule has 0 aliphatic heterocycles. The summed E-state index contributed by atoms with van der Waals surface area (Å²) in [5.41, 5.74) is -1.79. The van der Waals surface area contributed by atoms with Gasteiger partial charge in [-0.2, -0.15) is 0 Å². The molecule has 0 heterocycles. The number of carboxylic acids is 3. The Kier molecular flexibility index (Phi) is 9.25. The summed E-state index contributed by atoms with van der Waals surface area (Å²) in [5, 5.41) is 29.1. The summed E-state index contributed by atoms with van der Waals surface area (Å²) in [5.74, 6) is -4.53. The molecule has 9 heteroatoms. The van der Waals surface area contributed by atoms with Crippen molar-refractivity contribution >= 4 is 17.9 Å². The van der Waals surface area contributed by atoms with Crippen molar-refractivity contribution in [3.05, 3.63) is 34.9 Å². The SMILES string of the molecule is COC(C)NC(C)OC.O=C(O)c1cccc(C(=O)O)c1C(=O)O. The Balaban J connectivity index is 0.000000506. The minimum Gasteiger partial charge on any atom is -0.478 e. The van der Waals surface area contributed by atoms with Crippen molar-refractivity contribution in [2.45, 2.75) is 26.3 Å². The lowest BCUT2D eigenvalue weighted by atomic mass is 10.0. The highest BCUT2D eigenvalue weighted by Gasteiger charge is 2.22. The molecule has 0 fully saturated rings. The fourth-order valence-corrected chi connectivity index (χ4v) is 1.61. The van der Waals surface area contributed by atoms with E-state index in [4.69, 9.17) is 24.8 Å². The number of ether oxygens (including phenoxy) is 2. The Morgan fingerprint density at radius 1 is 0.875 bits per heavy atom. The molecule has 134 valence electrons. The fourth-order valence-electron chi connectivity index (χ4n) is 1.61. The smallest absolute Gasteiger partial charge is 0.337 e. The van der Waals surface area contributed by atoms with E-state index < -0.39 is 34.6 Å². The number of aromatic carboxylic acids is 3. The zero-order chi connectivity index (χ0) is 18.9. The zero-order valence-electron chi connectivity index (χ0n) is 13.8. The van der Waals surface area contributed by atoms with Crippen molar-refractivity contribution in [1.82, 2.24) is 5.32 Å². The van der Waals surface area contributed by atoms with Crippen LogP contribution in [0.2, 0.25) is 0 Å². The van der Waals surface area contributed by atoms with Gasteiger partial charge in [-0.05, 0) is 26.0 Å². The molecule has 1 aromatic rings. The summed E-state index contributed by atoms with van der Waals surface area (Å²) >= 11 is 0. The lowest BCUT2D eigenvalue weighted by Crippen LogP contribution is -2.36. The van der Waals surface area contributed by atoms with Crippen molar-refractivity contribution in [2.75, 3.05) is 14.2 Å². The van der Waals surface area contributed by atoms with E-state index in [1.807, 2.05) is 13.8 Å². The normalized spacial score (nSPS) is 12.5. The number of carboxylic acid groups (broad SMARTS) is 3. The Hall–Kier alpha value is -2.49. The van der Waals surface area contributed by atoms with Crippen LogP contribution in [-0.4, -0.2) is 59.9 Å². The van der Waals surface area contributed by atoms with Gasteiger partial charge in [0.15, 0.2) is 0 Å². The third-order valence-corrected chi connectivity index (χ3v) is 2.92. The first kappa shape index (κ1) is 21.5. The van der Waals surface area contributed by atoms with Gasteiger partial charge >= 0.3 is 17.9 Å². The third-order valence-electron chi connectivity index (χ3n) is 2.92. The van der Waals surface area contributed by atoms with Gasteiger partial charge in [-0.1, -0.05) is 6.07 Å². The van der Waals surface area contributed by atoms with E-state index in [-0.39, 0.29) is 12.5 Å². The molecule has 9 nitrogen and oxygen atoms in total. The first-order valence-electron chi connectivity index (χ1n) is 6.80. The number of hydrogen-bond donors (Lipinski definition) is 4. The molecule has 0 spiro atoms. The predicted octanol–water partition coefficient (Wildman–Crippen LogP) is 1.34. The van der Waals surface area contributed by atoms with Gasteiger partial charge in [-0.3, -0.25) is 5.32 Å². The van der Waals surface area contributed by atoms with Gasteiger partial charge in [0.2, 0.25) is 0 Å². The van der Waals surface area contributed by atoms with Gasteiger partial charge < -0.3 is 24.8 Å². The minimum atomic E-state index is -1.58. The molecular formula is C15H21NO8. The maximum Gasteiger partial charge on any atom is 0.337 e. The molecule has 1 rings (SSSR count). The van der Waals surface area contributed by atoms with Gasteiger partial charge in [0, 0.05) is 14.2 Å². The summed E-state index contributed by atoms with van der Waals surface area (Å²) < 4.78 is 9.86. The summed E-state index contributed by atoms with van der Waals surface area (Å²) in [6.45, 7) is 3.85. The van der Waals surface area contributed by atoms with E-state index in [1.165, 1.54) is 6.07 Å². The maximum atomic E-state index is 10.7. The number of rotatable bonds is 7. The predicted molar refractivity (Wildman–Crippen MR) is 83.4 cm³/mol. The van der Waals surface area contributed by atoms with Crippen LogP contribution < -0.4 is 5.32 Å². The van der Waals surface area contributed by atoms with Crippen LogP contribution in [0.1, 0.15) is 44.9 Å². The molecule has 1 aromatic carbocycles. The summed E-state index contributed by atoms with van der Waals surface area (Å²) in [6.07, 6.45) is 0.111. The number of benzene rings is 1. The van der Waals surface area contributed by atoms with Gasteiger partial charge in [-0.15, -0.1) is 0 Å². The molecule has 0 radical (unpaired) electrons. The highest BCUT2D eigenvalue weighted by molar-refractivity contribution is 6.08. The van der Waals surface area contributed by atoms with Crippen molar-refractivity contribution in [3.8, 4) is 0 Å². The second-order valence-corrected chi connectivity index (χ2v) is 4.57. The third kappa shape index (κ3) is 6.73. The molecule has 0 aliphatic carbocycles. The van der Waals surface area contributed by atoms with E-state index in [2.05, 4.69) is 5.32 Å². The van der Waals surface area contributed by atoms with Crippen molar-refractivity contribution < 1.29 is 39.2 Å². The van der Waals surface area contributed by atoms with Crippen LogP contribution in [-0.2, 0) is 9.47 Å². The van der Waals surface area contributed by atoms with E-state index >= 15 is 0 Å². The monoisotopic (exact) mass is 343 g/mol. The number of methoxy groups -OCH3 is 2. The second-order valence-electron chi connectivity index (χ2n) is 4.57. The largest absolute Gasteiger partial charge is 0.478 e. The summed E-state index contributed by atoms with van der Waals surface area (Å²) in [6, 6.07) is 3.26. The van der Waals surface area contributed by atoms with Crippen molar-refractivity contribution in [2.24, 2.45) is 0 Å². The Morgan fingerprint density at radius 3 is 1.50 bits per heavy atom. The Morgan fingerprint density at radius 2 is 1.25 bits per heavy atom. The van der Waals surface area contributed by atoms with Crippen LogP contribution in [0.4, 0.5) is 0 Å². The fraction of sp³-hybridized carbons (Fsp3) is 0.400. The van der Waals surface area contributed by atoms with Crippen LogP contribution in [0.15, 0.2) is 18.2 Å². The van der Waals surface area contributed by atoms with Gasteiger partial charge in [0.25, 0.3) is 0 Å². The van der Waals surface area contributed by atoms with Gasteiger partial charge in [-0.25, -0.2) is 14.4 Å². The molecule has 0 saturated heterocycles. The number of hydrogen-bond acceptors (Lipinski definition) is 6. The van der Waals surface area contributed by atoms with E-state index in [0.717, 1.165) is 12.1 Å². The first-order chi connectivity index (χ1) is 11.1. The highest BCUT2D eigenvalue weighted by atomic mass is 16.5. The maximum absolute atomic E-state index is 10.7. The van der Waals surface area contributed by atoms with Gasteiger partial charge in [0.05, 0.1) is 16.7 Å². The molecule has 24 heavy (non-hydrogen) atoms. The summed E-state index contributed by atoms with van der Waals surface area (Å²) in [4.78, 5) is 32.0. The lowest BCUT2D eigenvalue weighted by Gasteiger charge is -2.16.